The first-order chi connectivity index (χ1) is 8.61. The third-order valence-corrected chi connectivity index (χ3v) is 3.55. The van der Waals surface area contributed by atoms with Gasteiger partial charge in [-0.25, -0.2) is 4.39 Å². The third-order valence-electron chi connectivity index (χ3n) is 3.02. The summed E-state index contributed by atoms with van der Waals surface area (Å²) in [7, 11) is 1.88. The van der Waals surface area contributed by atoms with Crippen LogP contribution in [-0.2, 0) is 0 Å². The van der Waals surface area contributed by atoms with Crippen LogP contribution in [0.25, 0.3) is 0 Å². The maximum atomic E-state index is 13.6. The maximum absolute atomic E-state index is 13.6. The van der Waals surface area contributed by atoms with Crippen LogP contribution in [-0.4, -0.2) is 7.05 Å². The molecule has 0 aliphatic heterocycles. The first-order valence-corrected chi connectivity index (χ1v) is 6.60. The molecule has 0 spiro atoms. The van der Waals surface area contributed by atoms with E-state index >= 15 is 0 Å². The monoisotopic (exact) mass is 307 g/mol. The Labute approximate surface area is 115 Å². The number of hydrogen-bond acceptors (Lipinski definition) is 1. The summed E-state index contributed by atoms with van der Waals surface area (Å²) in [6.07, 6.45) is 0. The fourth-order valence-corrected chi connectivity index (χ4v) is 2.23. The highest BCUT2D eigenvalue weighted by Gasteiger charge is 2.13. The lowest BCUT2D eigenvalue weighted by molar-refractivity contribution is 0.608. The molecule has 0 radical (unpaired) electrons. The number of rotatable bonds is 3. The Morgan fingerprint density at radius 2 is 1.67 bits per heavy atom. The van der Waals surface area contributed by atoms with Gasteiger partial charge in [0.2, 0.25) is 0 Å². The van der Waals surface area contributed by atoms with E-state index in [0.717, 1.165) is 15.6 Å². The number of nitrogens with one attached hydrogen (secondary N) is 1. The molecule has 0 amide bonds. The van der Waals surface area contributed by atoms with Gasteiger partial charge >= 0.3 is 0 Å². The van der Waals surface area contributed by atoms with Gasteiger partial charge in [0.15, 0.2) is 0 Å². The molecule has 0 saturated carbocycles. The van der Waals surface area contributed by atoms with Crippen LogP contribution in [0, 0.1) is 12.7 Å². The molecule has 0 bridgehead atoms. The van der Waals surface area contributed by atoms with Crippen molar-refractivity contribution in [1.29, 1.82) is 0 Å². The average Bonchev–Trinajstić information content (AvgIpc) is 2.37. The zero-order valence-electron chi connectivity index (χ0n) is 10.4. The van der Waals surface area contributed by atoms with E-state index < -0.39 is 0 Å². The minimum Gasteiger partial charge on any atom is -0.309 e. The second-order valence-corrected chi connectivity index (χ2v) is 5.20. The largest absolute Gasteiger partial charge is 0.309 e. The summed E-state index contributed by atoms with van der Waals surface area (Å²) in [5.41, 5.74) is 2.72. The summed E-state index contributed by atoms with van der Waals surface area (Å²) in [6, 6.07) is 13.4. The van der Waals surface area contributed by atoms with Crippen LogP contribution >= 0.6 is 15.9 Å². The van der Waals surface area contributed by atoms with Crippen molar-refractivity contribution in [2.24, 2.45) is 0 Å². The fourth-order valence-electron chi connectivity index (χ4n) is 1.97. The van der Waals surface area contributed by atoms with Crippen molar-refractivity contribution in [3.8, 4) is 0 Å². The van der Waals surface area contributed by atoms with Crippen LogP contribution in [0.3, 0.4) is 0 Å². The van der Waals surface area contributed by atoms with Crippen LogP contribution in [0.1, 0.15) is 22.7 Å². The van der Waals surface area contributed by atoms with Gasteiger partial charge in [-0.15, -0.1) is 0 Å². The lowest BCUT2D eigenvalue weighted by Gasteiger charge is -2.17. The van der Waals surface area contributed by atoms with E-state index in [2.05, 4.69) is 21.2 Å². The van der Waals surface area contributed by atoms with E-state index in [1.165, 1.54) is 0 Å². The summed E-state index contributed by atoms with van der Waals surface area (Å²) >= 11 is 3.41. The molecule has 1 N–H and O–H groups in total. The number of aryl methyl sites for hydroxylation is 1. The first kappa shape index (κ1) is 13.2. The maximum Gasteiger partial charge on any atom is 0.126 e. The van der Waals surface area contributed by atoms with Gasteiger partial charge in [-0.2, -0.15) is 0 Å². The summed E-state index contributed by atoms with van der Waals surface area (Å²) in [5, 5.41) is 3.22. The second-order valence-electron chi connectivity index (χ2n) is 4.28. The molecule has 0 aromatic heterocycles. The van der Waals surface area contributed by atoms with Crippen molar-refractivity contribution >= 4 is 15.9 Å². The summed E-state index contributed by atoms with van der Waals surface area (Å²) in [5.74, 6) is -0.162. The molecule has 18 heavy (non-hydrogen) atoms. The molecular formula is C15H15BrFN. The van der Waals surface area contributed by atoms with Crippen LogP contribution in [0.15, 0.2) is 46.9 Å². The minimum atomic E-state index is -0.162. The molecule has 0 saturated heterocycles. The topological polar surface area (TPSA) is 12.0 Å². The highest BCUT2D eigenvalue weighted by atomic mass is 79.9. The molecule has 0 heterocycles. The second kappa shape index (κ2) is 5.63. The molecule has 2 aromatic carbocycles. The zero-order valence-corrected chi connectivity index (χ0v) is 12.0. The molecule has 2 rings (SSSR count). The lowest BCUT2D eigenvalue weighted by Crippen LogP contribution is -2.17. The predicted octanol–water partition coefficient (Wildman–Crippen LogP) is 4.21. The Balaban J connectivity index is 2.38. The molecule has 1 nitrogen and oxygen atoms in total. The van der Waals surface area contributed by atoms with Crippen LogP contribution < -0.4 is 5.32 Å². The number of halogens is 2. The molecule has 0 aliphatic carbocycles. The Morgan fingerprint density at radius 3 is 2.22 bits per heavy atom. The minimum absolute atomic E-state index is 0.00759. The van der Waals surface area contributed by atoms with Gasteiger partial charge in [0.25, 0.3) is 0 Å². The highest BCUT2D eigenvalue weighted by molar-refractivity contribution is 9.10. The van der Waals surface area contributed by atoms with Crippen molar-refractivity contribution in [3.05, 3.63) is 69.4 Å². The molecule has 1 unspecified atom stereocenters. The van der Waals surface area contributed by atoms with E-state index in [4.69, 9.17) is 0 Å². The molecule has 3 heteroatoms. The Kier molecular flexibility index (Phi) is 4.15. The molecule has 0 aliphatic rings. The van der Waals surface area contributed by atoms with E-state index in [9.17, 15) is 4.39 Å². The van der Waals surface area contributed by atoms with Crippen molar-refractivity contribution in [2.45, 2.75) is 13.0 Å². The number of hydrogen-bond donors (Lipinski definition) is 1. The van der Waals surface area contributed by atoms with Gasteiger partial charge in [0.1, 0.15) is 5.82 Å². The Hall–Kier alpha value is -1.19. The smallest absolute Gasteiger partial charge is 0.126 e. The van der Waals surface area contributed by atoms with Crippen LogP contribution in [0.2, 0.25) is 0 Å². The van der Waals surface area contributed by atoms with Crippen molar-refractivity contribution in [3.63, 3.8) is 0 Å². The van der Waals surface area contributed by atoms with Crippen LogP contribution in [0.4, 0.5) is 4.39 Å². The predicted molar refractivity (Wildman–Crippen MR) is 76.2 cm³/mol. The van der Waals surface area contributed by atoms with Gasteiger partial charge in [-0.1, -0.05) is 40.2 Å². The van der Waals surface area contributed by atoms with Crippen molar-refractivity contribution in [1.82, 2.24) is 5.32 Å². The summed E-state index contributed by atoms with van der Waals surface area (Å²) in [4.78, 5) is 0. The van der Waals surface area contributed by atoms with Gasteiger partial charge in [-0.05, 0) is 48.9 Å². The van der Waals surface area contributed by atoms with Gasteiger partial charge in [-0.3, -0.25) is 0 Å². The molecule has 2 aromatic rings. The lowest BCUT2D eigenvalue weighted by atomic mass is 9.98. The average molecular weight is 308 g/mol. The SMILES string of the molecule is CNC(c1ccc(Br)cc1)c1ccc(C)c(F)c1. The highest BCUT2D eigenvalue weighted by Crippen LogP contribution is 2.24. The third kappa shape index (κ3) is 2.79. The zero-order chi connectivity index (χ0) is 13.1. The van der Waals surface area contributed by atoms with E-state index in [0.29, 0.717) is 5.56 Å². The van der Waals surface area contributed by atoms with Crippen molar-refractivity contribution < 1.29 is 4.39 Å². The van der Waals surface area contributed by atoms with Crippen LogP contribution in [0.5, 0.6) is 0 Å². The van der Waals surface area contributed by atoms with Crippen molar-refractivity contribution in [2.75, 3.05) is 7.05 Å². The van der Waals surface area contributed by atoms with E-state index in [-0.39, 0.29) is 11.9 Å². The molecule has 0 fully saturated rings. The normalized spacial score (nSPS) is 12.4. The van der Waals surface area contributed by atoms with Gasteiger partial charge < -0.3 is 5.32 Å². The van der Waals surface area contributed by atoms with E-state index in [1.54, 1.807) is 13.0 Å². The summed E-state index contributed by atoms with van der Waals surface area (Å²) < 4.78 is 14.7. The van der Waals surface area contributed by atoms with Gasteiger partial charge in [0, 0.05) is 4.47 Å². The molecular weight excluding hydrogens is 293 g/mol. The fraction of sp³-hybridized carbons (Fsp3) is 0.200. The standard InChI is InChI=1S/C15H15BrFN/c1-10-3-4-12(9-14(10)17)15(18-2)11-5-7-13(16)8-6-11/h3-9,15,18H,1-2H3. The molecule has 94 valence electrons. The first-order valence-electron chi connectivity index (χ1n) is 5.80. The van der Waals surface area contributed by atoms with E-state index in [1.807, 2.05) is 43.4 Å². The molecule has 1 atom stereocenters. The Morgan fingerprint density at radius 1 is 1.06 bits per heavy atom. The quantitative estimate of drug-likeness (QED) is 0.896. The number of benzene rings is 2. The summed E-state index contributed by atoms with van der Waals surface area (Å²) in [6.45, 7) is 1.77. The Bertz CT molecular complexity index is 537. The van der Waals surface area contributed by atoms with Gasteiger partial charge in [0.05, 0.1) is 6.04 Å².